The lowest BCUT2D eigenvalue weighted by molar-refractivity contribution is 0.400. The third-order valence-corrected chi connectivity index (χ3v) is 3.48. The Hall–Kier alpha value is -2.11. The van der Waals surface area contributed by atoms with Gasteiger partial charge in [0.15, 0.2) is 5.82 Å². The van der Waals surface area contributed by atoms with E-state index < -0.39 is 0 Å². The molecule has 0 saturated heterocycles. The molecule has 1 saturated carbocycles. The smallest absolute Gasteiger partial charge is 0.230 e. The molecule has 0 atom stereocenters. The van der Waals surface area contributed by atoms with Gasteiger partial charge in [0.25, 0.3) is 0 Å². The predicted octanol–water partition coefficient (Wildman–Crippen LogP) is 3.26. The van der Waals surface area contributed by atoms with Crippen molar-refractivity contribution in [3.8, 4) is 0 Å². The van der Waals surface area contributed by atoms with Crippen molar-refractivity contribution in [1.82, 2.24) is 15.1 Å². The first-order valence-corrected chi connectivity index (χ1v) is 7.09. The molecule has 2 heterocycles. The number of hydrogen-bond donors (Lipinski definition) is 2. The standard InChI is InChI=1S/C14H19N5O/c1-10-9-13(19-20-10)18-14-15-8-7-12(17-14)16-11-5-3-2-4-6-11/h7-9,11H,2-6H2,1H3,(H2,15,16,17,18,19). The highest BCUT2D eigenvalue weighted by atomic mass is 16.5. The largest absolute Gasteiger partial charge is 0.367 e. The third-order valence-electron chi connectivity index (χ3n) is 3.48. The summed E-state index contributed by atoms with van der Waals surface area (Å²) >= 11 is 0. The lowest BCUT2D eigenvalue weighted by atomic mass is 9.95. The maximum absolute atomic E-state index is 5.00. The summed E-state index contributed by atoms with van der Waals surface area (Å²) in [5, 5.41) is 10.4. The molecule has 0 amide bonds. The zero-order chi connectivity index (χ0) is 13.8. The average Bonchev–Trinajstić information content (AvgIpc) is 2.86. The van der Waals surface area contributed by atoms with Crippen molar-refractivity contribution in [2.24, 2.45) is 0 Å². The van der Waals surface area contributed by atoms with Crippen LogP contribution in [0.25, 0.3) is 0 Å². The van der Waals surface area contributed by atoms with Gasteiger partial charge in [-0.1, -0.05) is 24.4 Å². The van der Waals surface area contributed by atoms with Crippen LogP contribution in [0.5, 0.6) is 0 Å². The van der Waals surface area contributed by atoms with Crippen LogP contribution in [0.2, 0.25) is 0 Å². The zero-order valence-corrected chi connectivity index (χ0v) is 11.6. The molecular formula is C14H19N5O. The molecule has 1 aliphatic rings. The van der Waals surface area contributed by atoms with Gasteiger partial charge < -0.3 is 15.2 Å². The van der Waals surface area contributed by atoms with Crippen LogP contribution < -0.4 is 10.6 Å². The minimum absolute atomic E-state index is 0.527. The SMILES string of the molecule is Cc1cc(Nc2nccc(NC3CCCCC3)n2)no1. The number of hydrogen-bond acceptors (Lipinski definition) is 6. The number of aryl methyl sites for hydroxylation is 1. The van der Waals surface area contributed by atoms with E-state index in [0.717, 1.165) is 11.6 Å². The Labute approximate surface area is 118 Å². The fourth-order valence-electron chi connectivity index (χ4n) is 2.50. The van der Waals surface area contributed by atoms with E-state index in [4.69, 9.17) is 4.52 Å². The Kier molecular flexibility index (Phi) is 3.80. The van der Waals surface area contributed by atoms with Gasteiger partial charge in [-0.15, -0.1) is 0 Å². The first kappa shape index (κ1) is 12.9. The zero-order valence-electron chi connectivity index (χ0n) is 11.6. The second-order valence-electron chi connectivity index (χ2n) is 5.19. The van der Waals surface area contributed by atoms with E-state index in [9.17, 15) is 0 Å². The normalized spacial score (nSPS) is 16.1. The Bertz CT molecular complexity index is 562. The van der Waals surface area contributed by atoms with Crippen molar-refractivity contribution >= 4 is 17.6 Å². The van der Waals surface area contributed by atoms with Gasteiger partial charge in [0.05, 0.1) is 0 Å². The van der Waals surface area contributed by atoms with Crippen LogP contribution in [-0.2, 0) is 0 Å². The van der Waals surface area contributed by atoms with Crippen molar-refractivity contribution in [3.63, 3.8) is 0 Å². The summed E-state index contributed by atoms with van der Waals surface area (Å²) < 4.78 is 5.00. The Morgan fingerprint density at radius 3 is 2.80 bits per heavy atom. The molecule has 3 rings (SSSR count). The van der Waals surface area contributed by atoms with Gasteiger partial charge in [-0.05, 0) is 25.8 Å². The van der Waals surface area contributed by atoms with Gasteiger partial charge in [-0.3, -0.25) is 0 Å². The van der Waals surface area contributed by atoms with Gasteiger partial charge in [-0.25, -0.2) is 4.98 Å². The number of aromatic nitrogens is 3. The van der Waals surface area contributed by atoms with Crippen LogP contribution in [0.4, 0.5) is 17.6 Å². The predicted molar refractivity (Wildman–Crippen MR) is 77.1 cm³/mol. The first-order chi connectivity index (χ1) is 9.79. The van der Waals surface area contributed by atoms with E-state index in [1.54, 1.807) is 6.20 Å². The van der Waals surface area contributed by atoms with Crippen LogP contribution >= 0.6 is 0 Å². The lowest BCUT2D eigenvalue weighted by Gasteiger charge is -2.23. The topological polar surface area (TPSA) is 75.9 Å². The van der Waals surface area contributed by atoms with Crippen LogP contribution in [0, 0.1) is 6.92 Å². The Balaban J connectivity index is 1.65. The fourth-order valence-corrected chi connectivity index (χ4v) is 2.50. The quantitative estimate of drug-likeness (QED) is 0.890. The highest BCUT2D eigenvalue weighted by Gasteiger charge is 2.13. The summed E-state index contributed by atoms with van der Waals surface area (Å²) in [7, 11) is 0. The van der Waals surface area contributed by atoms with Crippen LogP contribution in [0.1, 0.15) is 37.9 Å². The van der Waals surface area contributed by atoms with Crippen molar-refractivity contribution in [3.05, 3.63) is 24.1 Å². The van der Waals surface area contributed by atoms with Crippen LogP contribution in [0.3, 0.4) is 0 Å². The summed E-state index contributed by atoms with van der Waals surface area (Å²) in [5.41, 5.74) is 0. The molecule has 2 aromatic heterocycles. The molecule has 2 aromatic rings. The minimum atomic E-state index is 0.527. The number of nitrogens with one attached hydrogen (secondary N) is 2. The molecule has 0 spiro atoms. The summed E-state index contributed by atoms with van der Waals surface area (Å²) in [6.07, 6.45) is 8.12. The van der Waals surface area contributed by atoms with Gasteiger partial charge in [-0.2, -0.15) is 4.98 Å². The molecule has 0 aromatic carbocycles. The second kappa shape index (κ2) is 5.90. The highest BCUT2D eigenvalue weighted by Crippen LogP contribution is 2.21. The Morgan fingerprint density at radius 1 is 1.20 bits per heavy atom. The number of rotatable bonds is 4. The molecular weight excluding hydrogens is 254 g/mol. The molecule has 0 unspecified atom stereocenters. The maximum Gasteiger partial charge on any atom is 0.230 e. The molecule has 6 nitrogen and oxygen atoms in total. The van der Waals surface area contributed by atoms with Gasteiger partial charge in [0.2, 0.25) is 5.95 Å². The molecule has 0 bridgehead atoms. The van der Waals surface area contributed by atoms with Crippen molar-refractivity contribution in [1.29, 1.82) is 0 Å². The Morgan fingerprint density at radius 2 is 2.05 bits per heavy atom. The summed E-state index contributed by atoms with van der Waals surface area (Å²) in [4.78, 5) is 8.65. The molecule has 0 aliphatic heterocycles. The van der Waals surface area contributed by atoms with Crippen LogP contribution in [-0.4, -0.2) is 21.2 Å². The number of anilines is 3. The molecule has 0 radical (unpaired) electrons. The summed E-state index contributed by atoms with van der Waals surface area (Å²) in [6.45, 7) is 1.85. The second-order valence-corrected chi connectivity index (χ2v) is 5.19. The minimum Gasteiger partial charge on any atom is -0.367 e. The van der Waals surface area contributed by atoms with E-state index in [1.807, 2.05) is 19.1 Å². The molecule has 2 N–H and O–H groups in total. The molecule has 106 valence electrons. The summed E-state index contributed by atoms with van der Waals surface area (Å²) in [6, 6.07) is 4.24. The van der Waals surface area contributed by atoms with E-state index in [1.165, 1.54) is 32.1 Å². The van der Waals surface area contributed by atoms with E-state index >= 15 is 0 Å². The van der Waals surface area contributed by atoms with E-state index in [2.05, 4.69) is 25.8 Å². The van der Waals surface area contributed by atoms with Crippen molar-refractivity contribution < 1.29 is 4.52 Å². The van der Waals surface area contributed by atoms with Gasteiger partial charge in [0, 0.05) is 18.3 Å². The first-order valence-electron chi connectivity index (χ1n) is 7.09. The monoisotopic (exact) mass is 273 g/mol. The fraction of sp³-hybridized carbons (Fsp3) is 0.500. The highest BCUT2D eigenvalue weighted by molar-refractivity contribution is 5.50. The number of nitrogens with zero attached hydrogens (tertiary/aromatic N) is 3. The molecule has 20 heavy (non-hydrogen) atoms. The third kappa shape index (κ3) is 3.26. The molecule has 1 fully saturated rings. The molecule has 1 aliphatic carbocycles. The van der Waals surface area contributed by atoms with Gasteiger partial charge >= 0.3 is 0 Å². The lowest BCUT2D eigenvalue weighted by Crippen LogP contribution is -2.22. The molecule has 6 heteroatoms. The van der Waals surface area contributed by atoms with Crippen LogP contribution in [0.15, 0.2) is 22.9 Å². The van der Waals surface area contributed by atoms with Gasteiger partial charge in [0.1, 0.15) is 11.6 Å². The average molecular weight is 273 g/mol. The van der Waals surface area contributed by atoms with Crippen molar-refractivity contribution in [2.45, 2.75) is 45.1 Å². The summed E-state index contributed by atoms with van der Waals surface area (Å²) in [5.74, 6) is 2.76. The van der Waals surface area contributed by atoms with Crippen molar-refractivity contribution in [2.75, 3.05) is 10.6 Å². The van der Waals surface area contributed by atoms with E-state index in [-0.39, 0.29) is 0 Å². The maximum atomic E-state index is 5.00. The van der Waals surface area contributed by atoms with E-state index in [0.29, 0.717) is 17.8 Å².